The molecule has 1 saturated heterocycles. The number of fused-ring (bicyclic) bond motifs is 3. The lowest BCUT2D eigenvalue weighted by Gasteiger charge is -2.28. The molecule has 5 rings (SSSR count). The van der Waals surface area contributed by atoms with E-state index in [1.54, 1.807) is 31.1 Å². The third-order valence-corrected chi connectivity index (χ3v) is 8.43. The average molecular weight is 602 g/mol. The van der Waals surface area contributed by atoms with E-state index in [2.05, 4.69) is 22.8 Å². The van der Waals surface area contributed by atoms with E-state index in [0.717, 1.165) is 27.8 Å². The van der Waals surface area contributed by atoms with E-state index in [1.807, 2.05) is 48.5 Å². The van der Waals surface area contributed by atoms with Crippen molar-refractivity contribution in [1.82, 2.24) is 15.5 Å². The zero-order valence-electron chi connectivity index (χ0n) is 25.2. The Morgan fingerprint density at radius 3 is 2.14 bits per heavy atom. The van der Waals surface area contributed by atoms with Crippen LogP contribution >= 0.6 is 0 Å². The van der Waals surface area contributed by atoms with Gasteiger partial charge in [-0.25, -0.2) is 4.79 Å². The third kappa shape index (κ3) is 6.87. The van der Waals surface area contributed by atoms with Crippen LogP contribution in [-0.4, -0.2) is 86.1 Å². The molecule has 3 aromatic rings. The second kappa shape index (κ2) is 13.9. The molecule has 10 heteroatoms. The number of alkyl carbamates (subject to hydrolysis) is 1. The highest BCUT2D eigenvalue weighted by Gasteiger charge is 2.35. The minimum atomic E-state index is -1.13. The normalized spacial score (nSPS) is 17.6. The molecule has 3 amide bonds. The molecule has 1 fully saturated rings. The van der Waals surface area contributed by atoms with Crippen LogP contribution in [0, 0.1) is 0 Å². The standard InChI is InChI=1S/C34H39N3O7/c1-21(42-2)31(36-34(41)44-20-29-27-10-6-4-8-25(27)26-9-5-7-11-28(26)29)32(39)35-30(33(40)37-17-16-23(38)19-37)18-22-12-14-24(43-3)15-13-22/h4-15,21,23,29-31,38H,16-20H2,1-3H3,(H,35,39)(H,36,41)/t21-,23-,30+,31+/m1/s1. The number of rotatable bonds is 11. The van der Waals surface area contributed by atoms with Gasteiger partial charge in [-0.15, -0.1) is 0 Å². The molecule has 0 saturated carbocycles. The lowest BCUT2D eigenvalue weighted by molar-refractivity contribution is -0.137. The van der Waals surface area contributed by atoms with Crippen LogP contribution in [0.5, 0.6) is 5.75 Å². The summed E-state index contributed by atoms with van der Waals surface area (Å²) < 4.78 is 16.3. The van der Waals surface area contributed by atoms with Crippen LogP contribution in [0.1, 0.15) is 36.0 Å². The van der Waals surface area contributed by atoms with E-state index in [1.165, 1.54) is 7.11 Å². The predicted octanol–water partition coefficient (Wildman–Crippen LogP) is 3.26. The van der Waals surface area contributed by atoms with Gasteiger partial charge in [-0.3, -0.25) is 9.59 Å². The van der Waals surface area contributed by atoms with Gasteiger partial charge in [-0.1, -0.05) is 60.7 Å². The van der Waals surface area contributed by atoms with Crippen molar-refractivity contribution < 1.29 is 33.7 Å². The van der Waals surface area contributed by atoms with E-state index < -0.39 is 36.3 Å². The lowest BCUT2D eigenvalue weighted by atomic mass is 9.98. The third-order valence-electron chi connectivity index (χ3n) is 8.43. The van der Waals surface area contributed by atoms with Gasteiger partial charge in [0.1, 0.15) is 24.4 Å². The lowest BCUT2D eigenvalue weighted by Crippen LogP contribution is -2.58. The summed E-state index contributed by atoms with van der Waals surface area (Å²) in [6, 6.07) is 21.2. The first kappa shape index (κ1) is 31.0. The van der Waals surface area contributed by atoms with Crippen LogP contribution in [0.25, 0.3) is 11.1 Å². The highest BCUT2D eigenvalue weighted by molar-refractivity contribution is 5.92. The predicted molar refractivity (Wildman–Crippen MR) is 164 cm³/mol. The quantitative estimate of drug-likeness (QED) is 0.308. The largest absolute Gasteiger partial charge is 0.497 e. The monoisotopic (exact) mass is 601 g/mol. The molecule has 0 unspecified atom stereocenters. The van der Waals surface area contributed by atoms with Crippen LogP contribution in [-0.2, 0) is 25.5 Å². The molecule has 0 radical (unpaired) electrons. The van der Waals surface area contributed by atoms with Crippen molar-refractivity contribution in [3.63, 3.8) is 0 Å². The highest BCUT2D eigenvalue weighted by Crippen LogP contribution is 2.44. The Bertz CT molecular complexity index is 1430. The summed E-state index contributed by atoms with van der Waals surface area (Å²) >= 11 is 0. The number of hydrogen-bond acceptors (Lipinski definition) is 7. The molecule has 232 valence electrons. The van der Waals surface area contributed by atoms with Gasteiger partial charge in [0.25, 0.3) is 0 Å². The van der Waals surface area contributed by atoms with E-state index in [-0.39, 0.29) is 31.4 Å². The fourth-order valence-electron chi connectivity index (χ4n) is 5.92. The van der Waals surface area contributed by atoms with Gasteiger partial charge in [0.2, 0.25) is 11.8 Å². The second-order valence-corrected chi connectivity index (χ2v) is 11.2. The van der Waals surface area contributed by atoms with Crippen molar-refractivity contribution in [2.75, 3.05) is 33.9 Å². The van der Waals surface area contributed by atoms with Crippen LogP contribution in [0.4, 0.5) is 4.79 Å². The highest BCUT2D eigenvalue weighted by atomic mass is 16.5. The van der Waals surface area contributed by atoms with Crippen molar-refractivity contribution in [3.8, 4) is 16.9 Å². The van der Waals surface area contributed by atoms with E-state index in [4.69, 9.17) is 14.2 Å². The summed E-state index contributed by atoms with van der Waals surface area (Å²) in [5.74, 6) is -0.359. The summed E-state index contributed by atoms with van der Waals surface area (Å²) in [5.41, 5.74) is 5.19. The Hall–Kier alpha value is -4.41. The molecule has 3 N–H and O–H groups in total. The summed E-state index contributed by atoms with van der Waals surface area (Å²) in [4.78, 5) is 41.8. The van der Waals surface area contributed by atoms with E-state index >= 15 is 0 Å². The molecule has 10 nitrogen and oxygen atoms in total. The van der Waals surface area contributed by atoms with Gasteiger partial charge >= 0.3 is 6.09 Å². The molecule has 0 spiro atoms. The van der Waals surface area contributed by atoms with E-state index in [0.29, 0.717) is 18.7 Å². The summed E-state index contributed by atoms with van der Waals surface area (Å²) in [6.45, 7) is 2.34. The first-order chi connectivity index (χ1) is 21.3. The number of ether oxygens (including phenoxy) is 3. The summed E-state index contributed by atoms with van der Waals surface area (Å²) in [7, 11) is 3.01. The maximum absolute atomic E-state index is 13.7. The molecule has 44 heavy (non-hydrogen) atoms. The Morgan fingerprint density at radius 1 is 0.932 bits per heavy atom. The van der Waals surface area contributed by atoms with Gasteiger partial charge in [0.05, 0.1) is 19.3 Å². The molecular weight excluding hydrogens is 562 g/mol. The Kier molecular flexibility index (Phi) is 9.82. The number of nitrogens with zero attached hydrogens (tertiary/aromatic N) is 1. The second-order valence-electron chi connectivity index (χ2n) is 11.2. The number of β-amino-alcohol motifs (C(OH)–C–C–N with tert-alkyl or cyclic N) is 1. The minimum absolute atomic E-state index is 0.0887. The summed E-state index contributed by atoms with van der Waals surface area (Å²) in [5, 5.41) is 15.5. The van der Waals surface area contributed by atoms with Crippen LogP contribution in [0.3, 0.4) is 0 Å². The number of carbonyl (C=O) groups is 3. The van der Waals surface area contributed by atoms with Crippen molar-refractivity contribution in [1.29, 1.82) is 0 Å². The molecule has 1 aliphatic heterocycles. The maximum atomic E-state index is 13.7. The Labute approximate surface area is 257 Å². The first-order valence-electron chi connectivity index (χ1n) is 14.8. The molecular formula is C34H39N3O7. The molecule has 3 aromatic carbocycles. The minimum Gasteiger partial charge on any atom is -0.497 e. The van der Waals surface area contributed by atoms with Crippen molar-refractivity contribution >= 4 is 17.9 Å². The van der Waals surface area contributed by atoms with Crippen molar-refractivity contribution in [3.05, 3.63) is 89.5 Å². The zero-order valence-corrected chi connectivity index (χ0v) is 25.2. The van der Waals surface area contributed by atoms with Gasteiger partial charge in [0.15, 0.2) is 0 Å². The maximum Gasteiger partial charge on any atom is 0.407 e. The topological polar surface area (TPSA) is 126 Å². The van der Waals surface area contributed by atoms with Gasteiger partial charge in [-0.05, 0) is 53.3 Å². The number of nitrogens with one attached hydrogen (secondary N) is 2. The fourth-order valence-corrected chi connectivity index (χ4v) is 5.92. The number of hydrogen-bond donors (Lipinski definition) is 3. The number of methoxy groups -OCH3 is 2. The number of aliphatic hydroxyl groups excluding tert-OH is 1. The van der Waals surface area contributed by atoms with Crippen molar-refractivity contribution in [2.45, 2.75) is 50.0 Å². The molecule has 1 heterocycles. The first-order valence-corrected chi connectivity index (χ1v) is 14.8. The SMILES string of the molecule is COc1ccc(C[C@H](NC(=O)[C@@H](NC(=O)OCC2c3ccccc3-c3ccccc32)[C@@H](C)OC)C(=O)N2CC[C@@H](O)C2)cc1. The van der Waals surface area contributed by atoms with Gasteiger partial charge < -0.3 is 34.9 Å². The zero-order chi connectivity index (χ0) is 31.2. The number of amides is 3. The van der Waals surface area contributed by atoms with Gasteiger partial charge in [0, 0.05) is 32.5 Å². The number of aliphatic hydroxyl groups is 1. The summed E-state index contributed by atoms with van der Waals surface area (Å²) in [6.07, 6.45) is -1.41. The van der Waals surface area contributed by atoms with Crippen LogP contribution in [0.2, 0.25) is 0 Å². The smallest absolute Gasteiger partial charge is 0.407 e. The molecule has 0 aromatic heterocycles. The van der Waals surface area contributed by atoms with Gasteiger partial charge in [-0.2, -0.15) is 0 Å². The Balaban J connectivity index is 1.28. The van der Waals surface area contributed by atoms with E-state index in [9.17, 15) is 19.5 Å². The number of benzene rings is 3. The molecule has 2 aliphatic rings. The van der Waals surface area contributed by atoms with Crippen LogP contribution in [0.15, 0.2) is 72.8 Å². The Morgan fingerprint density at radius 2 is 1.57 bits per heavy atom. The van der Waals surface area contributed by atoms with Crippen molar-refractivity contribution in [2.24, 2.45) is 0 Å². The van der Waals surface area contributed by atoms with Crippen LogP contribution < -0.4 is 15.4 Å². The fraction of sp³-hybridized carbons (Fsp3) is 0.382. The number of carbonyl (C=O) groups excluding carboxylic acids is 3. The number of likely N-dealkylation sites (tertiary alicyclic amines) is 1. The molecule has 4 atom stereocenters. The molecule has 1 aliphatic carbocycles. The average Bonchev–Trinajstić information content (AvgIpc) is 3.63. The molecule has 0 bridgehead atoms.